The van der Waals surface area contributed by atoms with Crippen molar-refractivity contribution in [1.29, 1.82) is 5.26 Å². The predicted octanol–water partition coefficient (Wildman–Crippen LogP) is 1.60. The number of aliphatic hydroxyl groups excluding tert-OH is 1. The summed E-state index contributed by atoms with van der Waals surface area (Å²) in [4.78, 5) is 13.1. The number of pyridine rings is 1. The van der Waals surface area contributed by atoms with Crippen molar-refractivity contribution >= 4 is 0 Å². The van der Waals surface area contributed by atoms with Crippen LogP contribution in [0.5, 0.6) is 5.75 Å². The number of furan rings is 1. The minimum atomic E-state index is -0.725. The third-order valence-corrected chi connectivity index (χ3v) is 4.23. The normalized spacial score (nSPS) is 16.3. The van der Waals surface area contributed by atoms with Gasteiger partial charge in [-0.1, -0.05) is 13.3 Å². The Morgan fingerprint density at radius 2 is 2.28 bits per heavy atom. The first kappa shape index (κ1) is 16.9. The molecule has 1 atom stereocenters. The van der Waals surface area contributed by atoms with Gasteiger partial charge in [-0.15, -0.1) is 0 Å². The number of nitrogens with zero attached hydrogens (tertiary/aromatic N) is 2. The molecule has 3 rings (SSSR count). The van der Waals surface area contributed by atoms with Crippen LogP contribution in [0.2, 0.25) is 0 Å². The lowest BCUT2D eigenvalue weighted by atomic mass is 9.87. The Morgan fingerprint density at radius 1 is 1.48 bits per heavy atom. The molecule has 2 aromatic heterocycles. The molecule has 1 aliphatic heterocycles. The second-order valence-corrected chi connectivity index (χ2v) is 5.78. The lowest BCUT2D eigenvalue weighted by Gasteiger charge is -2.26. The molecule has 3 N–H and O–H groups in total. The molecule has 0 radical (unpaired) electrons. The minimum absolute atomic E-state index is 0.0295. The van der Waals surface area contributed by atoms with Crippen molar-refractivity contribution in [3.05, 3.63) is 63.3 Å². The molecule has 2 aromatic rings. The Balaban J connectivity index is 2.29. The molecule has 1 unspecified atom stereocenters. The smallest absolute Gasteiger partial charge is 0.258 e. The van der Waals surface area contributed by atoms with Crippen molar-refractivity contribution in [3.63, 3.8) is 0 Å². The SMILES string of the molecule is CCCc1cc2c(c(=O)n1CCO)C(c1ccco1)C(C#N)=C(N)O2. The average Bonchev–Trinajstić information content (AvgIpc) is 3.11. The molecule has 0 amide bonds. The van der Waals surface area contributed by atoms with Gasteiger partial charge in [-0.25, -0.2) is 0 Å². The molecule has 25 heavy (non-hydrogen) atoms. The Morgan fingerprint density at radius 3 is 2.88 bits per heavy atom. The molecular formula is C18H19N3O4. The number of hydrogen-bond donors (Lipinski definition) is 2. The van der Waals surface area contributed by atoms with Gasteiger partial charge in [0.2, 0.25) is 5.88 Å². The number of ether oxygens (including phenoxy) is 1. The summed E-state index contributed by atoms with van der Waals surface area (Å²) >= 11 is 0. The van der Waals surface area contributed by atoms with Gasteiger partial charge in [-0.05, 0) is 18.6 Å². The first-order chi connectivity index (χ1) is 12.1. The monoisotopic (exact) mass is 341 g/mol. The van der Waals surface area contributed by atoms with Gasteiger partial charge in [0.15, 0.2) is 0 Å². The third kappa shape index (κ3) is 2.81. The summed E-state index contributed by atoms with van der Waals surface area (Å²) in [6.07, 6.45) is 2.97. The molecule has 1 aliphatic rings. The van der Waals surface area contributed by atoms with Crippen LogP contribution < -0.4 is 16.0 Å². The van der Waals surface area contributed by atoms with Crippen LogP contribution in [0.15, 0.2) is 45.1 Å². The summed E-state index contributed by atoms with van der Waals surface area (Å²) in [5.41, 5.74) is 6.80. The van der Waals surface area contributed by atoms with Crippen LogP contribution in [0.1, 0.15) is 36.3 Å². The zero-order valence-electron chi connectivity index (χ0n) is 13.9. The molecule has 0 bridgehead atoms. The number of nitriles is 1. The van der Waals surface area contributed by atoms with Crippen LogP contribution in [0, 0.1) is 11.3 Å². The second kappa shape index (κ2) is 6.87. The van der Waals surface area contributed by atoms with Crippen molar-refractivity contribution in [2.75, 3.05) is 6.61 Å². The minimum Gasteiger partial charge on any atom is -0.468 e. The Kier molecular flexibility index (Phi) is 4.63. The lowest BCUT2D eigenvalue weighted by Crippen LogP contribution is -2.33. The molecule has 0 saturated heterocycles. The van der Waals surface area contributed by atoms with Gasteiger partial charge in [0.05, 0.1) is 24.4 Å². The number of fused-ring (bicyclic) bond motifs is 1. The molecule has 7 nitrogen and oxygen atoms in total. The fourth-order valence-electron chi connectivity index (χ4n) is 3.17. The molecule has 130 valence electrons. The maximum atomic E-state index is 13.1. The first-order valence-electron chi connectivity index (χ1n) is 8.10. The number of rotatable bonds is 5. The van der Waals surface area contributed by atoms with Crippen molar-refractivity contribution in [2.45, 2.75) is 32.2 Å². The molecule has 7 heteroatoms. The molecular weight excluding hydrogens is 322 g/mol. The van der Waals surface area contributed by atoms with Crippen molar-refractivity contribution in [2.24, 2.45) is 5.73 Å². The van der Waals surface area contributed by atoms with Crippen LogP contribution in [0.4, 0.5) is 0 Å². The highest BCUT2D eigenvalue weighted by Crippen LogP contribution is 2.40. The van der Waals surface area contributed by atoms with E-state index >= 15 is 0 Å². The van der Waals surface area contributed by atoms with Gasteiger partial charge in [0.1, 0.15) is 23.2 Å². The second-order valence-electron chi connectivity index (χ2n) is 5.78. The van der Waals surface area contributed by atoms with Crippen LogP contribution in [0.3, 0.4) is 0 Å². The summed E-state index contributed by atoms with van der Waals surface area (Å²) < 4.78 is 12.6. The summed E-state index contributed by atoms with van der Waals surface area (Å²) in [6.45, 7) is 2.01. The number of nitrogens with two attached hydrogens (primary N) is 1. The fourth-order valence-corrected chi connectivity index (χ4v) is 3.17. The number of aliphatic hydroxyl groups is 1. The Hall–Kier alpha value is -2.98. The van der Waals surface area contributed by atoms with E-state index in [0.717, 1.165) is 12.1 Å². The van der Waals surface area contributed by atoms with Crippen LogP contribution in [0.25, 0.3) is 0 Å². The number of allylic oxidation sites excluding steroid dienone is 1. The molecule has 0 spiro atoms. The zero-order valence-corrected chi connectivity index (χ0v) is 13.9. The molecule has 3 heterocycles. The van der Waals surface area contributed by atoms with Gasteiger partial charge in [0, 0.05) is 18.3 Å². The van der Waals surface area contributed by atoms with Crippen molar-refractivity contribution in [1.82, 2.24) is 4.57 Å². The van der Waals surface area contributed by atoms with E-state index in [1.807, 2.05) is 13.0 Å². The summed E-state index contributed by atoms with van der Waals surface area (Å²) in [6, 6.07) is 7.16. The maximum absolute atomic E-state index is 13.1. The third-order valence-electron chi connectivity index (χ3n) is 4.23. The number of aryl methyl sites for hydroxylation is 1. The molecule has 0 saturated carbocycles. The molecule has 0 aliphatic carbocycles. The summed E-state index contributed by atoms with van der Waals surface area (Å²) in [7, 11) is 0. The number of aromatic nitrogens is 1. The van der Waals surface area contributed by atoms with Crippen molar-refractivity contribution < 1.29 is 14.3 Å². The van der Waals surface area contributed by atoms with Gasteiger partial charge < -0.3 is 24.6 Å². The average molecular weight is 341 g/mol. The highest BCUT2D eigenvalue weighted by atomic mass is 16.5. The van der Waals surface area contributed by atoms with Gasteiger partial charge in [-0.3, -0.25) is 4.79 Å². The van der Waals surface area contributed by atoms with E-state index in [1.165, 1.54) is 10.8 Å². The van der Waals surface area contributed by atoms with E-state index in [4.69, 9.17) is 14.9 Å². The fraction of sp³-hybridized carbons (Fsp3) is 0.333. The Labute approximate surface area is 144 Å². The van der Waals surface area contributed by atoms with E-state index in [0.29, 0.717) is 23.5 Å². The van der Waals surface area contributed by atoms with Crippen LogP contribution in [-0.2, 0) is 13.0 Å². The van der Waals surface area contributed by atoms with E-state index in [-0.39, 0.29) is 30.2 Å². The maximum Gasteiger partial charge on any atom is 0.258 e. The molecule has 0 fully saturated rings. The summed E-state index contributed by atoms with van der Waals surface area (Å²) in [5, 5.41) is 18.8. The van der Waals surface area contributed by atoms with Gasteiger partial charge >= 0.3 is 0 Å². The predicted molar refractivity (Wildman–Crippen MR) is 89.8 cm³/mol. The van der Waals surface area contributed by atoms with E-state index in [1.54, 1.807) is 18.2 Å². The van der Waals surface area contributed by atoms with Crippen LogP contribution >= 0.6 is 0 Å². The highest BCUT2D eigenvalue weighted by molar-refractivity contribution is 5.53. The van der Waals surface area contributed by atoms with E-state index in [9.17, 15) is 15.2 Å². The first-order valence-corrected chi connectivity index (χ1v) is 8.10. The van der Waals surface area contributed by atoms with Gasteiger partial charge in [0.25, 0.3) is 5.56 Å². The van der Waals surface area contributed by atoms with E-state index in [2.05, 4.69) is 0 Å². The largest absolute Gasteiger partial charge is 0.468 e. The Bertz CT molecular complexity index is 904. The van der Waals surface area contributed by atoms with Crippen LogP contribution in [-0.4, -0.2) is 16.3 Å². The lowest BCUT2D eigenvalue weighted by molar-refractivity contribution is 0.271. The standard InChI is InChI=1S/C18H19N3O4/c1-2-4-11-9-14-16(18(23)21(11)6-7-22)15(13-5-3-8-24-13)12(10-19)17(20)25-14/h3,5,8-9,15,22H,2,4,6-7,20H2,1H3. The number of hydrogen-bond acceptors (Lipinski definition) is 6. The highest BCUT2D eigenvalue weighted by Gasteiger charge is 2.36. The molecule has 0 aromatic carbocycles. The van der Waals surface area contributed by atoms with Gasteiger partial charge in [-0.2, -0.15) is 5.26 Å². The quantitative estimate of drug-likeness (QED) is 0.854. The van der Waals surface area contributed by atoms with E-state index < -0.39 is 5.92 Å². The zero-order chi connectivity index (χ0) is 18.0. The topological polar surface area (TPSA) is 114 Å². The summed E-state index contributed by atoms with van der Waals surface area (Å²) in [5.74, 6) is 0.0236. The van der Waals surface area contributed by atoms with Crippen molar-refractivity contribution in [3.8, 4) is 11.8 Å².